The van der Waals surface area contributed by atoms with Crippen LogP contribution in [-0.4, -0.2) is 37.4 Å². The number of carbonyl (C=O) groups excluding carboxylic acids is 1. The Kier molecular flexibility index (Phi) is 8.33. The standard InChI is InChI=1S/C21H30N4OS/c1-5-16(2)20(26)24-18-9-6-8-17(14-18)15-23-21(22-3)25(4)12-11-19-10-7-13-27-19/h6-10,13-14,16H,5,11-12,15H2,1-4H3,(H,22,23)(H,24,26). The first kappa shape index (κ1) is 21.0. The Morgan fingerprint density at radius 2 is 2.11 bits per heavy atom. The smallest absolute Gasteiger partial charge is 0.227 e. The van der Waals surface area contributed by atoms with E-state index in [2.05, 4.69) is 38.0 Å². The molecule has 2 N–H and O–H groups in total. The van der Waals surface area contributed by atoms with E-state index in [1.54, 1.807) is 18.4 Å². The minimum atomic E-state index is 0.0163. The Hall–Kier alpha value is -2.34. The zero-order valence-corrected chi connectivity index (χ0v) is 17.5. The van der Waals surface area contributed by atoms with Gasteiger partial charge in [-0.15, -0.1) is 11.3 Å². The number of nitrogens with one attached hydrogen (secondary N) is 2. The van der Waals surface area contributed by atoms with Crippen molar-refractivity contribution in [2.24, 2.45) is 10.9 Å². The van der Waals surface area contributed by atoms with Crippen molar-refractivity contribution in [3.63, 3.8) is 0 Å². The van der Waals surface area contributed by atoms with Crippen molar-refractivity contribution in [2.75, 3.05) is 26.0 Å². The van der Waals surface area contributed by atoms with Gasteiger partial charge >= 0.3 is 0 Å². The van der Waals surface area contributed by atoms with Crippen LogP contribution in [0.3, 0.4) is 0 Å². The van der Waals surface area contributed by atoms with E-state index in [1.807, 2.05) is 45.2 Å². The average molecular weight is 387 g/mol. The lowest BCUT2D eigenvalue weighted by Crippen LogP contribution is -2.39. The number of nitrogens with zero attached hydrogens (tertiary/aromatic N) is 2. The summed E-state index contributed by atoms with van der Waals surface area (Å²) in [5.74, 6) is 0.940. The molecule has 27 heavy (non-hydrogen) atoms. The van der Waals surface area contributed by atoms with Crippen LogP contribution in [0.4, 0.5) is 5.69 Å². The zero-order valence-electron chi connectivity index (χ0n) is 16.7. The molecule has 6 heteroatoms. The number of hydrogen-bond acceptors (Lipinski definition) is 3. The number of hydrogen-bond donors (Lipinski definition) is 2. The van der Waals surface area contributed by atoms with Crippen molar-refractivity contribution in [1.29, 1.82) is 0 Å². The number of benzene rings is 1. The van der Waals surface area contributed by atoms with E-state index in [1.165, 1.54) is 4.88 Å². The molecule has 0 aliphatic carbocycles. The molecule has 0 saturated carbocycles. The fourth-order valence-electron chi connectivity index (χ4n) is 2.61. The maximum absolute atomic E-state index is 12.1. The molecule has 0 spiro atoms. The van der Waals surface area contributed by atoms with Gasteiger partial charge in [0, 0.05) is 43.7 Å². The summed E-state index contributed by atoms with van der Waals surface area (Å²) in [6.07, 6.45) is 1.84. The van der Waals surface area contributed by atoms with Crippen LogP contribution >= 0.6 is 11.3 Å². The van der Waals surface area contributed by atoms with Crippen molar-refractivity contribution in [3.8, 4) is 0 Å². The lowest BCUT2D eigenvalue weighted by atomic mass is 10.1. The Labute approximate surface area is 166 Å². The van der Waals surface area contributed by atoms with Crippen LogP contribution in [0, 0.1) is 5.92 Å². The predicted molar refractivity (Wildman–Crippen MR) is 115 cm³/mol. The van der Waals surface area contributed by atoms with Gasteiger partial charge in [0.2, 0.25) is 5.91 Å². The zero-order chi connectivity index (χ0) is 19.6. The van der Waals surface area contributed by atoms with Gasteiger partial charge in [-0.1, -0.05) is 32.0 Å². The first-order valence-corrected chi connectivity index (χ1v) is 10.3. The highest BCUT2D eigenvalue weighted by atomic mass is 32.1. The number of guanidine groups is 1. The molecule has 0 aliphatic rings. The summed E-state index contributed by atoms with van der Waals surface area (Å²) in [6.45, 7) is 5.52. The molecule has 0 radical (unpaired) electrons. The highest BCUT2D eigenvalue weighted by Gasteiger charge is 2.11. The monoisotopic (exact) mass is 386 g/mol. The van der Waals surface area contributed by atoms with Crippen LogP contribution in [0.2, 0.25) is 0 Å². The Bertz CT molecular complexity index is 742. The summed E-state index contributed by atoms with van der Waals surface area (Å²) in [6, 6.07) is 12.2. The fraction of sp³-hybridized carbons (Fsp3) is 0.429. The predicted octanol–water partition coefficient (Wildman–Crippen LogP) is 3.98. The van der Waals surface area contributed by atoms with Gasteiger partial charge in [0.15, 0.2) is 5.96 Å². The number of aliphatic imine (C=N–C) groups is 1. The summed E-state index contributed by atoms with van der Waals surface area (Å²) in [4.78, 5) is 20.0. The highest BCUT2D eigenvalue weighted by molar-refractivity contribution is 7.09. The second-order valence-corrected chi connectivity index (χ2v) is 7.68. The van der Waals surface area contributed by atoms with E-state index in [4.69, 9.17) is 0 Å². The van der Waals surface area contributed by atoms with E-state index >= 15 is 0 Å². The molecule has 5 nitrogen and oxygen atoms in total. The molecule has 0 saturated heterocycles. The lowest BCUT2D eigenvalue weighted by Gasteiger charge is -2.22. The summed E-state index contributed by atoms with van der Waals surface area (Å²) in [5.41, 5.74) is 1.94. The van der Waals surface area contributed by atoms with Gasteiger partial charge < -0.3 is 15.5 Å². The van der Waals surface area contributed by atoms with Crippen LogP contribution in [-0.2, 0) is 17.8 Å². The maximum atomic E-state index is 12.1. The van der Waals surface area contributed by atoms with E-state index in [0.717, 1.165) is 36.6 Å². The van der Waals surface area contributed by atoms with E-state index in [-0.39, 0.29) is 11.8 Å². The van der Waals surface area contributed by atoms with Crippen molar-refractivity contribution in [2.45, 2.75) is 33.2 Å². The average Bonchev–Trinajstić information content (AvgIpc) is 3.20. The van der Waals surface area contributed by atoms with Crippen LogP contribution in [0.15, 0.2) is 46.8 Å². The molecular formula is C21H30N4OS. The molecule has 1 unspecified atom stereocenters. The Balaban J connectivity index is 1.88. The summed E-state index contributed by atoms with van der Waals surface area (Å²) >= 11 is 1.78. The molecule has 2 rings (SSSR count). The number of carbonyl (C=O) groups is 1. The van der Waals surface area contributed by atoms with E-state index in [9.17, 15) is 4.79 Å². The number of amides is 1. The minimum absolute atomic E-state index is 0.0163. The lowest BCUT2D eigenvalue weighted by molar-refractivity contribution is -0.119. The van der Waals surface area contributed by atoms with Gasteiger partial charge in [-0.2, -0.15) is 0 Å². The Morgan fingerprint density at radius 3 is 2.78 bits per heavy atom. The third-order valence-corrected chi connectivity index (χ3v) is 5.49. The van der Waals surface area contributed by atoms with E-state index in [0.29, 0.717) is 6.54 Å². The molecule has 0 fully saturated rings. The molecular weight excluding hydrogens is 356 g/mol. The normalized spacial score (nSPS) is 12.5. The third-order valence-electron chi connectivity index (χ3n) is 4.55. The van der Waals surface area contributed by atoms with E-state index < -0.39 is 0 Å². The van der Waals surface area contributed by atoms with Crippen LogP contribution in [0.1, 0.15) is 30.7 Å². The summed E-state index contributed by atoms with van der Waals surface area (Å²) < 4.78 is 0. The van der Waals surface area contributed by atoms with Crippen LogP contribution in [0.5, 0.6) is 0 Å². The van der Waals surface area contributed by atoms with Crippen molar-refractivity contribution >= 4 is 28.9 Å². The highest BCUT2D eigenvalue weighted by Crippen LogP contribution is 2.13. The van der Waals surface area contributed by atoms with Gasteiger partial charge in [0.25, 0.3) is 0 Å². The second kappa shape index (κ2) is 10.7. The van der Waals surface area contributed by atoms with Gasteiger partial charge in [-0.3, -0.25) is 9.79 Å². The summed E-state index contributed by atoms with van der Waals surface area (Å²) in [5, 5.41) is 8.49. The van der Waals surface area contributed by atoms with Crippen LogP contribution in [0.25, 0.3) is 0 Å². The van der Waals surface area contributed by atoms with Crippen molar-refractivity contribution < 1.29 is 4.79 Å². The first-order chi connectivity index (χ1) is 13.0. The van der Waals surface area contributed by atoms with Gasteiger partial charge in [-0.05, 0) is 42.0 Å². The molecule has 2 aromatic rings. The quantitative estimate of drug-likeness (QED) is 0.533. The number of rotatable bonds is 8. The molecule has 1 amide bonds. The molecule has 1 aromatic heterocycles. The third kappa shape index (κ3) is 6.71. The Morgan fingerprint density at radius 1 is 1.30 bits per heavy atom. The fourth-order valence-corrected chi connectivity index (χ4v) is 3.31. The number of thiophene rings is 1. The molecule has 0 bridgehead atoms. The second-order valence-electron chi connectivity index (χ2n) is 6.65. The number of anilines is 1. The van der Waals surface area contributed by atoms with Gasteiger partial charge in [-0.25, -0.2) is 0 Å². The van der Waals surface area contributed by atoms with Gasteiger partial charge in [0.1, 0.15) is 0 Å². The van der Waals surface area contributed by atoms with Crippen LogP contribution < -0.4 is 10.6 Å². The maximum Gasteiger partial charge on any atom is 0.227 e. The minimum Gasteiger partial charge on any atom is -0.352 e. The largest absolute Gasteiger partial charge is 0.352 e. The van der Waals surface area contributed by atoms with Crippen molar-refractivity contribution in [3.05, 3.63) is 52.2 Å². The SMILES string of the molecule is CCC(C)C(=O)Nc1cccc(CNC(=NC)N(C)CCc2cccs2)c1. The molecule has 1 aromatic carbocycles. The molecule has 1 heterocycles. The molecule has 0 aliphatic heterocycles. The summed E-state index contributed by atoms with van der Waals surface area (Å²) in [7, 11) is 3.85. The first-order valence-electron chi connectivity index (χ1n) is 9.37. The number of likely N-dealkylation sites (N-methyl/N-ethyl adjacent to an activating group) is 1. The molecule has 1 atom stereocenters. The topological polar surface area (TPSA) is 56.7 Å². The van der Waals surface area contributed by atoms with Gasteiger partial charge in [0.05, 0.1) is 0 Å². The molecule has 146 valence electrons. The van der Waals surface area contributed by atoms with Crippen molar-refractivity contribution in [1.82, 2.24) is 10.2 Å².